The third-order valence-electron chi connectivity index (χ3n) is 2.80. The fourth-order valence-electron chi connectivity index (χ4n) is 1.78. The number of carbonyl (C=O) groups is 2. The molecule has 2 atom stereocenters. The largest absolute Gasteiger partial charge is 0.465 e. The second-order valence-electron chi connectivity index (χ2n) is 4.18. The summed E-state index contributed by atoms with van der Waals surface area (Å²) in [5.41, 5.74) is -1.06. The summed E-state index contributed by atoms with van der Waals surface area (Å²) in [6.45, 7) is 7.32. The summed E-state index contributed by atoms with van der Waals surface area (Å²) in [5, 5.41) is 0. The van der Waals surface area contributed by atoms with Crippen molar-refractivity contribution in [2.45, 2.75) is 46.2 Å². The predicted molar refractivity (Wildman–Crippen MR) is 75.7 cm³/mol. The molecule has 1 unspecified atom stereocenters. The van der Waals surface area contributed by atoms with Crippen molar-refractivity contribution in [1.29, 1.82) is 0 Å². The minimum absolute atomic E-state index is 0.107. The summed E-state index contributed by atoms with van der Waals surface area (Å²) in [4.78, 5) is 23.0. The number of aldehydes is 1. The lowest BCUT2D eigenvalue weighted by molar-refractivity contribution is -0.143. The number of hydrogen-bond donors (Lipinski definition) is 0. The Hall–Kier alpha value is -0.710. The SMILES string of the molecule is CCOC(=O)C(C[C@@H](C=O)CC)P(=O)(OCC)OCC. The highest BCUT2D eigenvalue weighted by Gasteiger charge is 2.43. The van der Waals surface area contributed by atoms with Crippen molar-refractivity contribution in [3.63, 3.8) is 0 Å². The number of hydrogen-bond acceptors (Lipinski definition) is 6. The average molecular weight is 308 g/mol. The first-order valence-corrected chi connectivity index (χ1v) is 8.60. The molecule has 0 aliphatic carbocycles. The molecule has 0 aromatic rings. The van der Waals surface area contributed by atoms with Gasteiger partial charge < -0.3 is 18.6 Å². The zero-order chi connectivity index (χ0) is 15.6. The zero-order valence-corrected chi connectivity index (χ0v) is 13.6. The average Bonchev–Trinajstić information content (AvgIpc) is 2.40. The molecule has 0 amide bonds. The Morgan fingerprint density at radius 1 is 1.10 bits per heavy atom. The number of carbonyl (C=O) groups excluding carboxylic acids is 2. The highest BCUT2D eigenvalue weighted by molar-refractivity contribution is 7.55. The van der Waals surface area contributed by atoms with E-state index in [2.05, 4.69) is 0 Å². The number of rotatable bonds is 11. The molecule has 118 valence electrons. The van der Waals surface area contributed by atoms with Gasteiger partial charge in [0.15, 0.2) is 5.66 Å². The molecule has 0 aromatic carbocycles. The predicted octanol–water partition coefficient (Wildman–Crippen LogP) is 2.80. The molecule has 20 heavy (non-hydrogen) atoms. The van der Waals surface area contributed by atoms with Crippen molar-refractivity contribution in [2.24, 2.45) is 5.92 Å². The van der Waals surface area contributed by atoms with Crippen LogP contribution < -0.4 is 0 Å². The van der Waals surface area contributed by atoms with Gasteiger partial charge in [-0.1, -0.05) is 6.92 Å². The maximum Gasteiger partial charge on any atom is 0.344 e. The number of ether oxygens (including phenoxy) is 1. The van der Waals surface area contributed by atoms with E-state index in [1.165, 1.54) is 0 Å². The van der Waals surface area contributed by atoms with Gasteiger partial charge >= 0.3 is 13.6 Å². The summed E-state index contributed by atoms with van der Waals surface area (Å²) in [7, 11) is -3.63. The number of esters is 1. The van der Waals surface area contributed by atoms with Crippen molar-refractivity contribution < 1.29 is 27.9 Å². The smallest absolute Gasteiger partial charge is 0.344 e. The molecule has 6 nitrogen and oxygen atoms in total. The van der Waals surface area contributed by atoms with E-state index in [4.69, 9.17) is 13.8 Å². The molecular formula is C13H25O6P. The fourth-order valence-corrected chi connectivity index (χ4v) is 3.79. The Bertz CT molecular complexity index is 334. The van der Waals surface area contributed by atoms with E-state index in [9.17, 15) is 14.2 Å². The quantitative estimate of drug-likeness (QED) is 0.332. The zero-order valence-electron chi connectivity index (χ0n) is 12.7. The maximum atomic E-state index is 12.7. The molecule has 0 aliphatic heterocycles. The van der Waals surface area contributed by atoms with E-state index in [0.717, 1.165) is 6.29 Å². The van der Waals surface area contributed by atoms with Crippen LogP contribution in [0.4, 0.5) is 0 Å². The first-order chi connectivity index (χ1) is 9.48. The highest BCUT2D eigenvalue weighted by Crippen LogP contribution is 2.55. The van der Waals surface area contributed by atoms with Gasteiger partial charge in [-0.15, -0.1) is 0 Å². The van der Waals surface area contributed by atoms with Gasteiger partial charge in [-0.3, -0.25) is 9.36 Å². The minimum atomic E-state index is -3.63. The van der Waals surface area contributed by atoms with Gasteiger partial charge in [0.05, 0.1) is 19.8 Å². The van der Waals surface area contributed by atoms with Gasteiger partial charge in [0.25, 0.3) is 0 Å². The van der Waals surface area contributed by atoms with Crippen LogP contribution in [0, 0.1) is 5.92 Å². The molecule has 0 aromatic heterocycles. The molecule has 0 spiro atoms. The van der Waals surface area contributed by atoms with Crippen LogP contribution in [-0.2, 0) is 27.9 Å². The van der Waals surface area contributed by atoms with Crippen molar-refractivity contribution >= 4 is 19.9 Å². The van der Waals surface area contributed by atoms with Crippen LogP contribution >= 0.6 is 7.60 Å². The van der Waals surface area contributed by atoms with Crippen LogP contribution in [0.3, 0.4) is 0 Å². The van der Waals surface area contributed by atoms with Crippen molar-refractivity contribution in [3.05, 3.63) is 0 Å². The molecule has 0 bridgehead atoms. The van der Waals surface area contributed by atoms with Crippen molar-refractivity contribution in [1.82, 2.24) is 0 Å². The molecule has 0 saturated carbocycles. The molecule has 0 heterocycles. The van der Waals surface area contributed by atoms with E-state index < -0.39 is 19.2 Å². The van der Waals surface area contributed by atoms with E-state index >= 15 is 0 Å². The summed E-state index contributed by atoms with van der Waals surface area (Å²) in [6.07, 6.45) is 1.42. The monoisotopic (exact) mass is 308 g/mol. The standard InChI is InChI=1S/C13H25O6P/c1-5-11(10-14)9-12(13(15)17-6-2)20(16,18-7-3)19-8-4/h10-12H,5-9H2,1-4H3/t11-,12?/m0/s1. The van der Waals surface area contributed by atoms with E-state index in [0.29, 0.717) is 6.42 Å². The molecule has 0 N–H and O–H groups in total. The van der Waals surface area contributed by atoms with Crippen molar-refractivity contribution in [3.8, 4) is 0 Å². The fraction of sp³-hybridized carbons (Fsp3) is 0.846. The highest BCUT2D eigenvalue weighted by atomic mass is 31.2. The summed E-state index contributed by atoms with van der Waals surface area (Å²) < 4.78 is 28.1. The molecule has 0 aliphatic rings. The normalized spacial score (nSPS) is 14.6. The van der Waals surface area contributed by atoms with Gasteiger partial charge in [-0.2, -0.15) is 0 Å². The maximum absolute atomic E-state index is 12.7. The van der Waals surface area contributed by atoms with E-state index in [1.54, 1.807) is 20.8 Å². The topological polar surface area (TPSA) is 78.9 Å². The molecule has 0 fully saturated rings. The van der Waals surface area contributed by atoms with Crippen LogP contribution in [-0.4, -0.2) is 37.7 Å². The van der Waals surface area contributed by atoms with E-state index in [-0.39, 0.29) is 32.2 Å². The van der Waals surface area contributed by atoms with Crippen LogP contribution in [0.15, 0.2) is 0 Å². The lowest BCUT2D eigenvalue weighted by Crippen LogP contribution is -2.28. The Morgan fingerprint density at radius 2 is 1.65 bits per heavy atom. The molecule has 0 rings (SSSR count). The van der Waals surface area contributed by atoms with Crippen LogP contribution in [0.1, 0.15) is 40.5 Å². The molecular weight excluding hydrogens is 283 g/mol. The van der Waals surface area contributed by atoms with Gasteiger partial charge in [0.1, 0.15) is 6.29 Å². The van der Waals surface area contributed by atoms with Crippen LogP contribution in [0.2, 0.25) is 0 Å². The first-order valence-electron chi connectivity index (χ1n) is 6.99. The Balaban J connectivity index is 5.28. The van der Waals surface area contributed by atoms with Gasteiger partial charge in [0, 0.05) is 5.92 Å². The molecule has 0 radical (unpaired) electrons. The lowest BCUT2D eigenvalue weighted by Gasteiger charge is -2.26. The lowest BCUT2D eigenvalue weighted by atomic mass is 10.0. The third kappa shape index (κ3) is 5.73. The van der Waals surface area contributed by atoms with Crippen LogP contribution in [0.5, 0.6) is 0 Å². The summed E-state index contributed by atoms with van der Waals surface area (Å²) in [5.74, 6) is -1.02. The molecule has 7 heteroatoms. The second kappa shape index (κ2) is 10.1. The van der Waals surface area contributed by atoms with E-state index in [1.807, 2.05) is 6.92 Å². The summed E-state index contributed by atoms with van der Waals surface area (Å²) in [6, 6.07) is 0. The Labute approximate surface area is 120 Å². The Morgan fingerprint density at radius 3 is 2.00 bits per heavy atom. The Kier molecular flexibility index (Phi) is 9.72. The third-order valence-corrected chi connectivity index (χ3v) is 5.22. The van der Waals surface area contributed by atoms with Crippen molar-refractivity contribution in [2.75, 3.05) is 19.8 Å². The second-order valence-corrected chi connectivity index (χ2v) is 6.40. The first kappa shape index (κ1) is 19.3. The van der Waals surface area contributed by atoms with Gasteiger partial charge in [-0.05, 0) is 33.6 Å². The van der Waals surface area contributed by atoms with Crippen LogP contribution in [0.25, 0.3) is 0 Å². The molecule has 0 saturated heterocycles. The van der Waals surface area contributed by atoms with Gasteiger partial charge in [-0.25, -0.2) is 0 Å². The summed E-state index contributed by atoms with van der Waals surface area (Å²) >= 11 is 0. The minimum Gasteiger partial charge on any atom is -0.465 e. The van der Waals surface area contributed by atoms with Gasteiger partial charge in [0.2, 0.25) is 0 Å².